The molecule has 0 aliphatic heterocycles. The predicted molar refractivity (Wildman–Crippen MR) is 137 cm³/mol. The Morgan fingerprint density at radius 1 is 1.00 bits per heavy atom. The van der Waals surface area contributed by atoms with E-state index in [1.807, 2.05) is 24.3 Å². The van der Waals surface area contributed by atoms with Crippen molar-refractivity contribution in [3.8, 4) is 28.6 Å². The molecule has 1 aliphatic rings. The van der Waals surface area contributed by atoms with E-state index in [0.29, 0.717) is 30.8 Å². The van der Waals surface area contributed by atoms with Crippen LogP contribution in [0.25, 0.3) is 22.8 Å². The van der Waals surface area contributed by atoms with Crippen molar-refractivity contribution in [3.05, 3.63) is 88.3 Å². The largest absolute Gasteiger partial charge is 0.494 e. The van der Waals surface area contributed by atoms with Gasteiger partial charge in [-0.05, 0) is 66.6 Å². The van der Waals surface area contributed by atoms with Gasteiger partial charge in [-0.2, -0.15) is 4.98 Å². The van der Waals surface area contributed by atoms with Gasteiger partial charge in [0.25, 0.3) is 11.4 Å². The van der Waals surface area contributed by atoms with Gasteiger partial charge in [0.1, 0.15) is 5.75 Å². The lowest BCUT2D eigenvalue weighted by Gasteiger charge is -2.21. The van der Waals surface area contributed by atoms with E-state index in [0.717, 1.165) is 28.9 Å². The zero-order valence-electron chi connectivity index (χ0n) is 20.2. The second-order valence-corrected chi connectivity index (χ2v) is 9.26. The molecule has 180 valence electrons. The summed E-state index contributed by atoms with van der Waals surface area (Å²) in [5.74, 6) is 2.42. The third-order valence-electron chi connectivity index (χ3n) is 6.63. The molecule has 0 bridgehead atoms. The Bertz CT molecular complexity index is 1320. The van der Waals surface area contributed by atoms with E-state index in [1.165, 1.54) is 37.7 Å². The zero-order valence-corrected chi connectivity index (χ0v) is 20.2. The summed E-state index contributed by atoms with van der Waals surface area (Å²) >= 11 is 0. The molecule has 1 saturated carbocycles. The van der Waals surface area contributed by atoms with Crippen molar-refractivity contribution in [1.29, 1.82) is 0 Å². The lowest BCUT2D eigenvalue weighted by Crippen LogP contribution is -2.19. The molecule has 5 rings (SSSR count). The average molecular weight is 470 g/mol. The first kappa shape index (κ1) is 23.1. The average Bonchev–Trinajstić information content (AvgIpc) is 3.40. The Labute approximate surface area is 205 Å². The molecule has 0 N–H and O–H groups in total. The van der Waals surface area contributed by atoms with Crippen molar-refractivity contribution < 1.29 is 9.26 Å². The van der Waals surface area contributed by atoms with E-state index in [4.69, 9.17) is 9.26 Å². The number of hydrogen-bond acceptors (Lipinski definition) is 5. The Kier molecular flexibility index (Phi) is 7.07. The summed E-state index contributed by atoms with van der Waals surface area (Å²) < 4.78 is 12.9. The highest BCUT2D eigenvalue weighted by Crippen LogP contribution is 2.33. The van der Waals surface area contributed by atoms with Crippen molar-refractivity contribution in [1.82, 2.24) is 14.7 Å². The summed E-state index contributed by atoms with van der Waals surface area (Å²) in [6.07, 6.45) is 9.27. The van der Waals surface area contributed by atoms with Crippen LogP contribution in [0.2, 0.25) is 0 Å². The first-order valence-electron chi connectivity index (χ1n) is 12.6. The summed E-state index contributed by atoms with van der Waals surface area (Å²) in [4.78, 5) is 17.1. The summed E-state index contributed by atoms with van der Waals surface area (Å²) in [6.45, 7) is 3.18. The highest BCUT2D eigenvalue weighted by molar-refractivity contribution is 5.59. The van der Waals surface area contributed by atoms with Gasteiger partial charge >= 0.3 is 0 Å². The smallest absolute Gasteiger partial charge is 0.258 e. The van der Waals surface area contributed by atoms with Gasteiger partial charge in [0.2, 0.25) is 5.82 Å². The molecule has 0 spiro atoms. The molecule has 6 heteroatoms. The van der Waals surface area contributed by atoms with E-state index in [9.17, 15) is 4.79 Å². The van der Waals surface area contributed by atoms with E-state index in [1.54, 1.807) is 22.9 Å². The lowest BCUT2D eigenvalue weighted by atomic mass is 9.84. The van der Waals surface area contributed by atoms with Crippen molar-refractivity contribution in [3.63, 3.8) is 0 Å². The van der Waals surface area contributed by atoms with Crippen LogP contribution < -0.4 is 10.3 Å². The minimum absolute atomic E-state index is 0.0874. The molecule has 0 amide bonds. The van der Waals surface area contributed by atoms with E-state index < -0.39 is 0 Å². The molecule has 0 saturated heterocycles. The second-order valence-electron chi connectivity index (χ2n) is 9.26. The van der Waals surface area contributed by atoms with E-state index in [-0.39, 0.29) is 5.56 Å². The molecule has 35 heavy (non-hydrogen) atoms. The Morgan fingerprint density at radius 2 is 1.80 bits per heavy atom. The van der Waals surface area contributed by atoms with Crippen molar-refractivity contribution in [2.75, 3.05) is 6.61 Å². The number of aromatic nitrogens is 3. The topological polar surface area (TPSA) is 70.2 Å². The van der Waals surface area contributed by atoms with Gasteiger partial charge < -0.3 is 13.8 Å². The molecule has 2 heterocycles. The number of nitrogens with zero attached hydrogens (tertiary/aromatic N) is 3. The maximum absolute atomic E-state index is 12.5. The van der Waals surface area contributed by atoms with Crippen LogP contribution >= 0.6 is 0 Å². The molecule has 4 aromatic rings. The quantitative estimate of drug-likeness (QED) is 0.297. The van der Waals surface area contributed by atoms with Crippen LogP contribution in [0.15, 0.2) is 76.2 Å². The molecule has 2 aromatic heterocycles. The first-order chi connectivity index (χ1) is 17.2. The van der Waals surface area contributed by atoms with Gasteiger partial charge in [-0.15, -0.1) is 0 Å². The normalized spacial score (nSPS) is 14.2. The molecular formula is C29H31N3O3. The summed E-state index contributed by atoms with van der Waals surface area (Å²) in [6, 6.07) is 19.6. The first-order valence-corrected chi connectivity index (χ1v) is 12.6. The standard InChI is InChI=1S/C29H31N3O3/c1-2-17-34-26-10-6-7-21(18-26)19-32-20-25(15-16-27(32)33)28-30-29(35-31-28)24-13-11-23(12-14-24)22-8-4-3-5-9-22/h6-7,10-16,18,20,22H,2-5,8-9,17,19H2,1H3. The van der Waals surface area contributed by atoms with Gasteiger partial charge in [0.15, 0.2) is 0 Å². The van der Waals surface area contributed by atoms with Gasteiger partial charge in [-0.3, -0.25) is 4.79 Å². The molecule has 0 atom stereocenters. The molecule has 6 nitrogen and oxygen atoms in total. The number of ether oxygens (including phenoxy) is 1. The number of hydrogen-bond donors (Lipinski definition) is 0. The van der Waals surface area contributed by atoms with Crippen molar-refractivity contribution in [2.45, 2.75) is 57.9 Å². The fraction of sp³-hybridized carbons (Fsp3) is 0.345. The molecule has 0 unspecified atom stereocenters. The number of rotatable bonds is 8. The summed E-state index contributed by atoms with van der Waals surface area (Å²) in [7, 11) is 0. The van der Waals surface area contributed by atoms with Crippen LogP contribution in [-0.2, 0) is 6.54 Å². The van der Waals surface area contributed by atoms with Crippen LogP contribution in [0.4, 0.5) is 0 Å². The van der Waals surface area contributed by atoms with Gasteiger partial charge in [0, 0.05) is 23.4 Å². The van der Waals surface area contributed by atoms with Gasteiger partial charge in [-0.1, -0.05) is 55.6 Å². The highest BCUT2D eigenvalue weighted by atomic mass is 16.5. The molecule has 2 aromatic carbocycles. The third-order valence-corrected chi connectivity index (χ3v) is 6.63. The molecule has 0 radical (unpaired) electrons. The Balaban J connectivity index is 1.33. The fourth-order valence-corrected chi connectivity index (χ4v) is 4.73. The van der Waals surface area contributed by atoms with Crippen LogP contribution in [0, 0.1) is 0 Å². The summed E-state index contributed by atoms with van der Waals surface area (Å²) in [5.41, 5.74) is 3.93. The minimum Gasteiger partial charge on any atom is -0.494 e. The molecular weight excluding hydrogens is 438 g/mol. The zero-order chi connectivity index (χ0) is 24.0. The monoisotopic (exact) mass is 469 g/mol. The van der Waals surface area contributed by atoms with Crippen LogP contribution in [0.3, 0.4) is 0 Å². The SMILES string of the molecule is CCCOc1cccc(Cn2cc(-c3noc(-c4ccc(C5CCCCC5)cc4)n3)ccc2=O)c1. The molecule has 1 aliphatic carbocycles. The maximum Gasteiger partial charge on any atom is 0.258 e. The third kappa shape index (κ3) is 5.53. The maximum atomic E-state index is 12.5. The van der Waals surface area contributed by atoms with Crippen LogP contribution in [0.5, 0.6) is 5.75 Å². The van der Waals surface area contributed by atoms with Gasteiger partial charge in [-0.25, -0.2) is 0 Å². The lowest BCUT2D eigenvalue weighted by molar-refractivity contribution is 0.317. The second kappa shape index (κ2) is 10.7. The van der Waals surface area contributed by atoms with Crippen molar-refractivity contribution in [2.24, 2.45) is 0 Å². The fourth-order valence-electron chi connectivity index (χ4n) is 4.73. The van der Waals surface area contributed by atoms with E-state index >= 15 is 0 Å². The Morgan fingerprint density at radius 3 is 2.60 bits per heavy atom. The molecule has 1 fully saturated rings. The number of benzene rings is 2. The minimum atomic E-state index is -0.0874. The van der Waals surface area contributed by atoms with Gasteiger partial charge in [0.05, 0.1) is 13.2 Å². The Hall–Kier alpha value is -3.67. The highest BCUT2D eigenvalue weighted by Gasteiger charge is 2.17. The predicted octanol–water partition coefficient (Wildman–Crippen LogP) is 6.45. The number of pyridine rings is 1. The summed E-state index contributed by atoms with van der Waals surface area (Å²) in [5, 5.41) is 4.18. The van der Waals surface area contributed by atoms with Crippen molar-refractivity contribution >= 4 is 0 Å². The van der Waals surface area contributed by atoms with Crippen LogP contribution in [0.1, 0.15) is 62.5 Å². The van der Waals surface area contributed by atoms with Crippen LogP contribution in [-0.4, -0.2) is 21.3 Å². The van der Waals surface area contributed by atoms with E-state index in [2.05, 4.69) is 41.3 Å².